The van der Waals surface area contributed by atoms with Gasteiger partial charge in [-0.3, -0.25) is 14.2 Å². The number of nitrogens with one attached hydrogen (secondary N) is 1. The number of carboxylic acids is 1. The second-order valence-electron chi connectivity index (χ2n) is 5.74. The average Bonchev–Trinajstić information content (AvgIpc) is 3.16. The minimum absolute atomic E-state index is 0.00119. The van der Waals surface area contributed by atoms with Crippen LogP contribution in [0.2, 0.25) is 0 Å². The van der Waals surface area contributed by atoms with Crippen LogP contribution in [-0.2, 0) is 13.6 Å². The van der Waals surface area contributed by atoms with Crippen molar-refractivity contribution in [1.82, 2.24) is 19.6 Å². The molecule has 3 rings (SSSR count). The second-order valence-corrected chi connectivity index (χ2v) is 5.74. The highest BCUT2D eigenvalue weighted by atomic mass is 16.4. The van der Waals surface area contributed by atoms with Crippen LogP contribution in [-0.4, -0.2) is 36.5 Å². The number of carbonyl (C=O) groups excluding carboxylic acids is 1. The third-order valence-corrected chi connectivity index (χ3v) is 3.63. The molecule has 0 aliphatic heterocycles. The number of hydrogen-bond donors (Lipinski definition) is 2. The van der Waals surface area contributed by atoms with E-state index in [9.17, 15) is 9.59 Å². The van der Waals surface area contributed by atoms with E-state index in [1.807, 2.05) is 31.2 Å². The number of nitrogens with zero attached hydrogens (tertiary/aromatic N) is 4. The molecule has 25 heavy (non-hydrogen) atoms. The Labute approximate surface area is 143 Å². The molecule has 8 heteroatoms. The third-order valence-electron chi connectivity index (χ3n) is 3.63. The van der Waals surface area contributed by atoms with Gasteiger partial charge in [-0.2, -0.15) is 10.2 Å². The van der Waals surface area contributed by atoms with E-state index in [2.05, 4.69) is 15.5 Å². The molecule has 0 radical (unpaired) electrons. The summed E-state index contributed by atoms with van der Waals surface area (Å²) in [6.45, 7) is 2.60. The lowest BCUT2D eigenvalue weighted by atomic mass is 10.1. The van der Waals surface area contributed by atoms with Gasteiger partial charge in [0.2, 0.25) is 0 Å². The molecule has 2 heterocycles. The number of aromatic nitrogens is 4. The Balaban J connectivity index is 1.72. The van der Waals surface area contributed by atoms with Crippen LogP contribution < -0.4 is 5.32 Å². The molecule has 3 aromatic rings. The fraction of sp³-hybridized carbons (Fsp3) is 0.176. The zero-order valence-corrected chi connectivity index (χ0v) is 13.8. The maximum absolute atomic E-state index is 12.3. The summed E-state index contributed by atoms with van der Waals surface area (Å²) in [4.78, 5) is 23.4. The molecule has 1 amide bonds. The summed E-state index contributed by atoms with van der Waals surface area (Å²) < 4.78 is 2.99. The summed E-state index contributed by atoms with van der Waals surface area (Å²) in [6.07, 6.45) is 4.58. The standard InChI is InChI=1S/C17H17N5O3/c1-11-3-5-12(6-4-11)8-22-9-13(7-18-22)19-16(23)14-10-21(2)20-15(14)17(24)25/h3-7,9-10H,8H2,1-2H3,(H,19,23)(H,24,25). The van der Waals surface area contributed by atoms with Gasteiger partial charge in [0.25, 0.3) is 5.91 Å². The first-order valence-corrected chi connectivity index (χ1v) is 7.58. The quantitative estimate of drug-likeness (QED) is 0.739. The SMILES string of the molecule is Cc1ccc(Cn2cc(NC(=O)c3cn(C)nc3C(=O)O)cn2)cc1. The number of aryl methyl sites for hydroxylation is 2. The van der Waals surface area contributed by atoms with Crippen molar-refractivity contribution in [2.45, 2.75) is 13.5 Å². The number of hydrogen-bond acceptors (Lipinski definition) is 4. The van der Waals surface area contributed by atoms with E-state index in [1.165, 1.54) is 22.6 Å². The summed E-state index contributed by atoms with van der Waals surface area (Å²) in [5, 5.41) is 19.7. The van der Waals surface area contributed by atoms with Gasteiger partial charge < -0.3 is 10.4 Å². The molecule has 2 aromatic heterocycles. The van der Waals surface area contributed by atoms with Gasteiger partial charge in [-0.15, -0.1) is 0 Å². The Morgan fingerprint density at radius 3 is 2.60 bits per heavy atom. The van der Waals surface area contributed by atoms with E-state index >= 15 is 0 Å². The molecule has 8 nitrogen and oxygen atoms in total. The summed E-state index contributed by atoms with van der Waals surface area (Å²) in [7, 11) is 1.56. The minimum Gasteiger partial charge on any atom is -0.476 e. The van der Waals surface area contributed by atoms with Crippen LogP contribution in [0.5, 0.6) is 0 Å². The Morgan fingerprint density at radius 1 is 1.20 bits per heavy atom. The maximum Gasteiger partial charge on any atom is 0.357 e. The number of rotatable bonds is 5. The molecule has 2 N–H and O–H groups in total. The van der Waals surface area contributed by atoms with Gasteiger partial charge in [0, 0.05) is 19.4 Å². The Hall–Kier alpha value is -3.42. The van der Waals surface area contributed by atoms with Crippen molar-refractivity contribution in [3.8, 4) is 0 Å². The monoisotopic (exact) mass is 339 g/mol. The highest BCUT2D eigenvalue weighted by molar-refractivity contribution is 6.09. The largest absolute Gasteiger partial charge is 0.476 e. The van der Waals surface area contributed by atoms with Crippen LogP contribution in [0.25, 0.3) is 0 Å². The van der Waals surface area contributed by atoms with Crippen LogP contribution >= 0.6 is 0 Å². The van der Waals surface area contributed by atoms with E-state index in [-0.39, 0.29) is 11.3 Å². The van der Waals surface area contributed by atoms with Gasteiger partial charge >= 0.3 is 5.97 Å². The van der Waals surface area contributed by atoms with Crippen molar-refractivity contribution >= 4 is 17.6 Å². The second kappa shape index (κ2) is 6.60. The van der Waals surface area contributed by atoms with Crippen molar-refractivity contribution < 1.29 is 14.7 Å². The molecule has 0 aliphatic rings. The number of carbonyl (C=O) groups is 2. The summed E-state index contributed by atoms with van der Waals surface area (Å²) >= 11 is 0. The number of benzene rings is 1. The lowest BCUT2D eigenvalue weighted by Gasteiger charge is -2.03. The molecule has 0 unspecified atom stereocenters. The zero-order valence-electron chi connectivity index (χ0n) is 13.8. The Morgan fingerprint density at radius 2 is 1.92 bits per heavy atom. The van der Waals surface area contributed by atoms with Gasteiger partial charge in [0.1, 0.15) is 0 Å². The zero-order chi connectivity index (χ0) is 18.0. The fourth-order valence-electron chi connectivity index (χ4n) is 2.41. The number of anilines is 1. The van der Waals surface area contributed by atoms with Gasteiger partial charge in [-0.25, -0.2) is 4.79 Å². The van der Waals surface area contributed by atoms with E-state index < -0.39 is 11.9 Å². The van der Waals surface area contributed by atoms with E-state index in [0.29, 0.717) is 12.2 Å². The van der Waals surface area contributed by atoms with Crippen molar-refractivity contribution in [3.63, 3.8) is 0 Å². The van der Waals surface area contributed by atoms with Crippen molar-refractivity contribution in [3.05, 3.63) is 65.2 Å². The molecule has 0 aliphatic carbocycles. The number of carboxylic acid groups (broad SMARTS) is 1. The molecule has 0 spiro atoms. The number of aromatic carboxylic acids is 1. The smallest absolute Gasteiger partial charge is 0.357 e. The summed E-state index contributed by atoms with van der Waals surface area (Å²) in [5.41, 5.74) is 2.47. The van der Waals surface area contributed by atoms with Crippen LogP contribution in [0.3, 0.4) is 0 Å². The van der Waals surface area contributed by atoms with E-state index in [4.69, 9.17) is 5.11 Å². The van der Waals surface area contributed by atoms with Crippen LogP contribution in [0.1, 0.15) is 32.0 Å². The molecule has 0 saturated carbocycles. The molecule has 0 atom stereocenters. The van der Waals surface area contributed by atoms with E-state index in [0.717, 1.165) is 5.56 Å². The predicted octanol–water partition coefficient (Wildman–Crippen LogP) is 1.92. The van der Waals surface area contributed by atoms with E-state index in [1.54, 1.807) is 17.9 Å². The van der Waals surface area contributed by atoms with Gasteiger partial charge in [-0.05, 0) is 12.5 Å². The van der Waals surface area contributed by atoms with Gasteiger partial charge in [0.15, 0.2) is 5.69 Å². The Bertz CT molecular complexity index is 924. The van der Waals surface area contributed by atoms with Crippen LogP contribution in [0.4, 0.5) is 5.69 Å². The number of amides is 1. The first kappa shape index (κ1) is 16.4. The predicted molar refractivity (Wildman–Crippen MR) is 90.6 cm³/mol. The highest BCUT2D eigenvalue weighted by Crippen LogP contribution is 2.13. The van der Waals surface area contributed by atoms with Crippen LogP contribution in [0.15, 0.2) is 42.9 Å². The molecule has 0 saturated heterocycles. The summed E-state index contributed by atoms with van der Waals surface area (Å²) in [5.74, 6) is -1.79. The first-order valence-electron chi connectivity index (χ1n) is 7.58. The normalized spacial score (nSPS) is 10.6. The van der Waals surface area contributed by atoms with Crippen LogP contribution in [0, 0.1) is 6.92 Å². The van der Waals surface area contributed by atoms with Crippen molar-refractivity contribution in [1.29, 1.82) is 0 Å². The summed E-state index contributed by atoms with van der Waals surface area (Å²) in [6, 6.07) is 8.09. The molecule has 0 bridgehead atoms. The molecule has 128 valence electrons. The fourth-order valence-corrected chi connectivity index (χ4v) is 2.41. The van der Waals surface area contributed by atoms with Crippen molar-refractivity contribution in [2.75, 3.05) is 5.32 Å². The van der Waals surface area contributed by atoms with Crippen molar-refractivity contribution in [2.24, 2.45) is 7.05 Å². The topological polar surface area (TPSA) is 102 Å². The molecule has 1 aromatic carbocycles. The Kier molecular flexibility index (Phi) is 4.34. The minimum atomic E-state index is -1.25. The highest BCUT2D eigenvalue weighted by Gasteiger charge is 2.21. The first-order chi connectivity index (χ1) is 11.9. The molecular formula is C17H17N5O3. The lowest BCUT2D eigenvalue weighted by Crippen LogP contribution is -2.15. The molecule has 0 fully saturated rings. The lowest BCUT2D eigenvalue weighted by molar-refractivity contribution is 0.0685. The average molecular weight is 339 g/mol. The van der Waals surface area contributed by atoms with Gasteiger partial charge in [-0.1, -0.05) is 29.8 Å². The van der Waals surface area contributed by atoms with Gasteiger partial charge in [0.05, 0.1) is 24.0 Å². The third kappa shape index (κ3) is 3.74. The molecular weight excluding hydrogens is 322 g/mol. The maximum atomic E-state index is 12.3.